The first-order chi connectivity index (χ1) is 12.6. The summed E-state index contributed by atoms with van der Waals surface area (Å²) in [6, 6.07) is 9.07. The summed E-state index contributed by atoms with van der Waals surface area (Å²) in [6.45, 7) is 12.2. The predicted molar refractivity (Wildman–Crippen MR) is 109 cm³/mol. The molecule has 0 aromatic heterocycles. The van der Waals surface area contributed by atoms with Crippen molar-refractivity contribution in [1.82, 2.24) is 15.5 Å². The van der Waals surface area contributed by atoms with E-state index >= 15 is 0 Å². The number of piperidine rings is 1. The molecule has 5 nitrogen and oxygen atoms in total. The van der Waals surface area contributed by atoms with Crippen LogP contribution in [-0.2, 0) is 17.8 Å². The second-order valence-electron chi connectivity index (χ2n) is 7.47. The van der Waals surface area contributed by atoms with Gasteiger partial charge in [0, 0.05) is 26.2 Å². The predicted octanol–water partition coefficient (Wildman–Crippen LogP) is 3.01. The summed E-state index contributed by atoms with van der Waals surface area (Å²) < 4.78 is 5.19. The fourth-order valence-electron chi connectivity index (χ4n) is 3.32. The van der Waals surface area contributed by atoms with Crippen LogP contribution in [0.25, 0.3) is 0 Å². The Balaban J connectivity index is 1.93. The van der Waals surface area contributed by atoms with Crippen molar-refractivity contribution in [2.45, 2.75) is 52.7 Å². The van der Waals surface area contributed by atoms with Gasteiger partial charge in [0.1, 0.15) is 0 Å². The molecule has 2 N–H and O–H groups in total. The van der Waals surface area contributed by atoms with E-state index in [0.717, 1.165) is 25.0 Å². The Morgan fingerprint density at radius 1 is 1.31 bits per heavy atom. The number of nitrogens with one attached hydrogen (secondary N) is 2. The average Bonchev–Trinajstić information content (AvgIpc) is 2.62. The number of rotatable bonds is 8. The SMILES string of the molecule is CCNC(=NCc1cccc(CN2CCC(C)CC2)c1)NC(C)COC. The molecule has 1 fully saturated rings. The molecule has 1 aromatic carbocycles. The summed E-state index contributed by atoms with van der Waals surface area (Å²) in [6.07, 6.45) is 2.64. The minimum atomic E-state index is 0.227. The van der Waals surface area contributed by atoms with Gasteiger partial charge in [-0.1, -0.05) is 31.2 Å². The Bertz CT molecular complexity index is 553. The first-order valence-electron chi connectivity index (χ1n) is 9.94. The van der Waals surface area contributed by atoms with Crippen molar-refractivity contribution in [2.24, 2.45) is 10.9 Å². The minimum absolute atomic E-state index is 0.227. The molecule has 1 saturated heterocycles. The number of guanidine groups is 1. The molecule has 0 bridgehead atoms. The molecule has 0 amide bonds. The van der Waals surface area contributed by atoms with Gasteiger partial charge in [-0.3, -0.25) is 4.90 Å². The van der Waals surface area contributed by atoms with Gasteiger partial charge in [-0.15, -0.1) is 0 Å². The van der Waals surface area contributed by atoms with E-state index in [9.17, 15) is 0 Å². The number of nitrogens with zero attached hydrogens (tertiary/aromatic N) is 2. The second-order valence-corrected chi connectivity index (χ2v) is 7.47. The quantitative estimate of drug-likeness (QED) is 0.553. The maximum atomic E-state index is 5.19. The third-order valence-corrected chi connectivity index (χ3v) is 4.84. The van der Waals surface area contributed by atoms with Crippen LogP contribution in [0.15, 0.2) is 29.3 Å². The minimum Gasteiger partial charge on any atom is -0.383 e. The van der Waals surface area contributed by atoms with Crippen molar-refractivity contribution < 1.29 is 4.74 Å². The van der Waals surface area contributed by atoms with Crippen LogP contribution < -0.4 is 10.6 Å². The molecule has 1 heterocycles. The zero-order valence-electron chi connectivity index (χ0n) is 16.9. The fourth-order valence-corrected chi connectivity index (χ4v) is 3.32. The highest BCUT2D eigenvalue weighted by Gasteiger charge is 2.15. The lowest BCUT2D eigenvalue weighted by Gasteiger charge is -2.30. The average molecular weight is 361 g/mol. The molecule has 0 spiro atoms. The lowest BCUT2D eigenvalue weighted by molar-refractivity contribution is 0.179. The molecule has 5 heteroatoms. The molecule has 0 saturated carbocycles. The highest BCUT2D eigenvalue weighted by molar-refractivity contribution is 5.80. The molecule has 2 rings (SSSR count). The highest BCUT2D eigenvalue weighted by atomic mass is 16.5. The molecule has 0 aliphatic carbocycles. The Hall–Kier alpha value is -1.59. The number of methoxy groups -OCH3 is 1. The number of aliphatic imine (C=N–C) groups is 1. The van der Waals surface area contributed by atoms with Gasteiger partial charge in [0.05, 0.1) is 13.2 Å². The summed E-state index contributed by atoms with van der Waals surface area (Å²) in [4.78, 5) is 7.30. The largest absolute Gasteiger partial charge is 0.383 e. The van der Waals surface area contributed by atoms with Gasteiger partial charge < -0.3 is 15.4 Å². The summed E-state index contributed by atoms with van der Waals surface area (Å²) in [5.41, 5.74) is 2.64. The number of likely N-dealkylation sites (tertiary alicyclic amines) is 1. The monoisotopic (exact) mass is 360 g/mol. The summed E-state index contributed by atoms with van der Waals surface area (Å²) in [7, 11) is 1.72. The number of ether oxygens (including phenoxy) is 1. The van der Waals surface area contributed by atoms with E-state index in [1.54, 1.807) is 7.11 Å². The van der Waals surface area contributed by atoms with Crippen molar-refractivity contribution in [2.75, 3.05) is 33.4 Å². The Morgan fingerprint density at radius 3 is 2.73 bits per heavy atom. The molecule has 1 aromatic rings. The normalized spacial score (nSPS) is 17.9. The summed E-state index contributed by atoms with van der Waals surface area (Å²) >= 11 is 0. The Morgan fingerprint density at radius 2 is 2.04 bits per heavy atom. The fraction of sp³-hybridized carbons (Fsp3) is 0.667. The van der Waals surface area contributed by atoms with E-state index < -0.39 is 0 Å². The Labute approximate surface area is 159 Å². The molecule has 146 valence electrons. The molecule has 1 atom stereocenters. The Kier molecular flexibility index (Phi) is 8.92. The maximum absolute atomic E-state index is 5.19. The van der Waals surface area contributed by atoms with Gasteiger partial charge in [-0.25, -0.2) is 4.99 Å². The molecule has 26 heavy (non-hydrogen) atoms. The molecular weight excluding hydrogens is 324 g/mol. The van der Waals surface area contributed by atoms with Crippen LogP contribution in [0.5, 0.6) is 0 Å². The topological polar surface area (TPSA) is 48.9 Å². The lowest BCUT2D eigenvalue weighted by atomic mass is 9.98. The van der Waals surface area contributed by atoms with Crippen LogP contribution in [-0.4, -0.2) is 50.3 Å². The van der Waals surface area contributed by atoms with Crippen molar-refractivity contribution in [3.8, 4) is 0 Å². The van der Waals surface area contributed by atoms with E-state index in [0.29, 0.717) is 13.2 Å². The first-order valence-corrected chi connectivity index (χ1v) is 9.94. The smallest absolute Gasteiger partial charge is 0.191 e. The van der Waals surface area contributed by atoms with Crippen LogP contribution in [0.4, 0.5) is 0 Å². The van der Waals surface area contributed by atoms with Crippen molar-refractivity contribution >= 4 is 5.96 Å². The van der Waals surface area contributed by atoms with Crippen LogP contribution >= 0.6 is 0 Å². The zero-order chi connectivity index (χ0) is 18.8. The van der Waals surface area contributed by atoms with Gasteiger partial charge in [0.2, 0.25) is 0 Å². The highest BCUT2D eigenvalue weighted by Crippen LogP contribution is 2.18. The van der Waals surface area contributed by atoms with Crippen LogP contribution in [0.1, 0.15) is 44.7 Å². The lowest BCUT2D eigenvalue weighted by Crippen LogP contribution is -2.43. The number of benzene rings is 1. The number of hydrogen-bond acceptors (Lipinski definition) is 3. The molecule has 0 radical (unpaired) electrons. The van der Waals surface area contributed by atoms with Gasteiger partial charge in [-0.2, -0.15) is 0 Å². The van der Waals surface area contributed by atoms with E-state index in [1.807, 2.05) is 0 Å². The van der Waals surface area contributed by atoms with Gasteiger partial charge >= 0.3 is 0 Å². The summed E-state index contributed by atoms with van der Waals surface area (Å²) in [5, 5.41) is 6.68. The van der Waals surface area contributed by atoms with Crippen LogP contribution in [0.2, 0.25) is 0 Å². The molecular formula is C21H36N4O. The van der Waals surface area contributed by atoms with Crippen LogP contribution in [0.3, 0.4) is 0 Å². The van der Waals surface area contributed by atoms with E-state index in [2.05, 4.69) is 60.6 Å². The zero-order valence-corrected chi connectivity index (χ0v) is 16.9. The van der Waals surface area contributed by atoms with Gasteiger partial charge in [0.15, 0.2) is 5.96 Å². The third-order valence-electron chi connectivity index (χ3n) is 4.84. The van der Waals surface area contributed by atoms with Crippen LogP contribution in [0, 0.1) is 5.92 Å². The van der Waals surface area contributed by atoms with E-state index in [-0.39, 0.29) is 6.04 Å². The number of hydrogen-bond donors (Lipinski definition) is 2. The second kappa shape index (κ2) is 11.2. The standard InChI is InChI=1S/C21H36N4O/c1-5-22-21(24-18(3)16-26-4)23-14-19-7-6-8-20(13-19)15-25-11-9-17(2)10-12-25/h6-8,13,17-18H,5,9-12,14-16H2,1-4H3,(H2,22,23,24). The third kappa shape index (κ3) is 7.34. The maximum Gasteiger partial charge on any atom is 0.191 e. The molecule has 1 aliphatic heterocycles. The van der Waals surface area contributed by atoms with Crippen molar-refractivity contribution in [3.63, 3.8) is 0 Å². The van der Waals surface area contributed by atoms with E-state index in [4.69, 9.17) is 9.73 Å². The van der Waals surface area contributed by atoms with E-state index in [1.165, 1.54) is 37.1 Å². The van der Waals surface area contributed by atoms with Crippen molar-refractivity contribution in [3.05, 3.63) is 35.4 Å². The van der Waals surface area contributed by atoms with Gasteiger partial charge in [0.25, 0.3) is 0 Å². The first kappa shape index (κ1) is 20.7. The molecule has 1 unspecified atom stereocenters. The van der Waals surface area contributed by atoms with Gasteiger partial charge in [-0.05, 0) is 56.8 Å². The van der Waals surface area contributed by atoms with Crippen molar-refractivity contribution in [1.29, 1.82) is 0 Å². The molecule has 1 aliphatic rings. The summed E-state index contributed by atoms with van der Waals surface area (Å²) in [5.74, 6) is 1.72.